The molecule has 2 fully saturated rings. The summed E-state index contributed by atoms with van der Waals surface area (Å²) >= 11 is 0. The first-order valence-electron chi connectivity index (χ1n) is 7.56. The van der Waals surface area contributed by atoms with Crippen LogP contribution in [0.5, 0.6) is 0 Å². The van der Waals surface area contributed by atoms with Crippen LogP contribution in [0.2, 0.25) is 0 Å². The van der Waals surface area contributed by atoms with Crippen LogP contribution < -0.4 is 5.32 Å². The molecule has 0 heterocycles. The van der Waals surface area contributed by atoms with Crippen LogP contribution in [0.1, 0.15) is 56.9 Å². The molecule has 0 aromatic heterocycles. The molecule has 2 aliphatic rings. The van der Waals surface area contributed by atoms with Crippen molar-refractivity contribution in [2.45, 2.75) is 57.4 Å². The lowest BCUT2D eigenvalue weighted by Crippen LogP contribution is -2.31. The maximum atomic E-state index is 8.93. The van der Waals surface area contributed by atoms with Crippen LogP contribution in [0, 0.1) is 16.7 Å². The average Bonchev–Trinajstić information content (AvgIpc) is 2.90. The van der Waals surface area contributed by atoms with Gasteiger partial charge in [-0.05, 0) is 62.1 Å². The van der Waals surface area contributed by atoms with Crippen LogP contribution >= 0.6 is 0 Å². The molecular formula is C17H22N2. The van der Waals surface area contributed by atoms with Crippen molar-refractivity contribution in [2.75, 3.05) is 5.32 Å². The first-order chi connectivity index (χ1) is 9.30. The van der Waals surface area contributed by atoms with Crippen molar-refractivity contribution in [1.29, 1.82) is 5.26 Å². The molecule has 0 amide bonds. The highest BCUT2D eigenvalue weighted by Gasteiger charge is 2.37. The third-order valence-electron chi connectivity index (χ3n) is 5.07. The van der Waals surface area contributed by atoms with Gasteiger partial charge in [-0.15, -0.1) is 0 Å². The van der Waals surface area contributed by atoms with Gasteiger partial charge in [-0.2, -0.15) is 5.26 Å². The highest BCUT2D eigenvalue weighted by Crippen LogP contribution is 2.49. The zero-order chi connectivity index (χ0) is 13.1. The standard InChI is InChI=1S/C17H22N2/c18-13-14-4-3-5-16(12-14)19-15-6-10-17(11-7-15)8-1-2-9-17/h3-5,12,15,19H,1-2,6-11H2. The minimum atomic E-state index is 0.597. The van der Waals surface area contributed by atoms with Crippen LogP contribution in [0.15, 0.2) is 24.3 Å². The Bertz CT molecular complexity index is 470. The maximum absolute atomic E-state index is 8.93. The predicted molar refractivity (Wildman–Crippen MR) is 77.9 cm³/mol. The number of nitrogens with one attached hydrogen (secondary N) is 1. The fourth-order valence-corrected chi connectivity index (χ4v) is 3.91. The molecule has 19 heavy (non-hydrogen) atoms. The van der Waals surface area contributed by atoms with Gasteiger partial charge in [-0.25, -0.2) is 0 Å². The second kappa shape index (κ2) is 5.25. The van der Waals surface area contributed by atoms with Gasteiger partial charge >= 0.3 is 0 Å². The minimum Gasteiger partial charge on any atom is -0.382 e. The number of benzene rings is 1. The van der Waals surface area contributed by atoms with Crippen molar-refractivity contribution < 1.29 is 0 Å². The van der Waals surface area contributed by atoms with E-state index in [2.05, 4.69) is 17.5 Å². The Morgan fingerprint density at radius 1 is 1.11 bits per heavy atom. The van der Waals surface area contributed by atoms with Crippen LogP contribution in [0.25, 0.3) is 0 Å². The molecule has 0 atom stereocenters. The van der Waals surface area contributed by atoms with Gasteiger partial charge < -0.3 is 5.32 Å². The summed E-state index contributed by atoms with van der Waals surface area (Å²) in [6.07, 6.45) is 11.2. The number of hydrogen-bond donors (Lipinski definition) is 1. The number of hydrogen-bond acceptors (Lipinski definition) is 2. The van der Waals surface area contributed by atoms with E-state index in [0.29, 0.717) is 11.5 Å². The summed E-state index contributed by atoms with van der Waals surface area (Å²) in [4.78, 5) is 0. The van der Waals surface area contributed by atoms with E-state index in [1.807, 2.05) is 18.2 Å². The summed E-state index contributed by atoms with van der Waals surface area (Å²) in [5.41, 5.74) is 2.55. The number of nitrogens with zero attached hydrogens (tertiary/aromatic N) is 1. The van der Waals surface area contributed by atoms with Crippen LogP contribution in [0.3, 0.4) is 0 Å². The first kappa shape index (κ1) is 12.5. The van der Waals surface area contributed by atoms with Gasteiger partial charge in [0.25, 0.3) is 0 Å². The molecule has 0 bridgehead atoms. The van der Waals surface area contributed by atoms with Gasteiger partial charge in [-0.3, -0.25) is 0 Å². The van der Waals surface area contributed by atoms with Gasteiger partial charge in [0.15, 0.2) is 0 Å². The van der Waals surface area contributed by atoms with Crippen molar-refractivity contribution in [3.63, 3.8) is 0 Å². The zero-order valence-corrected chi connectivity index (χ0v) is 11.5. The van der Waals surface area contributed by atoms with Crippen molar-refractivity contribution >= 4 is 5.69 Å². The molecule has 0 saturated heterocycles. The second-order valence-electron chi connectivity index (χ2n) is 6.32. The molecule has 1 aromatic rings. The first-order valence-corrected chi connectivity index (χ1v) is 7.56. The highest BCUT2D eigenvalue weighted by atomic mass is 14.9. The quantitative estimate of drug-likeness (QED) is 0.845. The molecule has 0 unspecified atom stereocenters. The molecule has 0 aliphatic heterocycles. The summed E-state index contributed by atoms with van der Waals surface area (Å²) in [5, 5.41) is 12.5. The van der Waals surface area contributed by atoms with Gasteiger partial charge in [0.05, 0.1) is 11.6 Å². The minimum absolute atomic E-state index is 0.597. The average molecular weight is 254 g/mol. The lowest BCUT2D eigenvalue weighted by Gasteiger charge is -2.37. The largest absolute Gasteiger partial charge is 0.382 e. The number of rotatable bonds is 2. The number of nitriles is 1. The Balaban J connectivity index is 1.58. The van der Waals surface area contributed by atoms with E-state index in [0.717, 1.165) is 11.3 Å². The van der Waals surface area contributed by atoms with Gasteiger partial charge in [-0.1, -0.05) is 18.9 Å². The molecule has 0 radical (unpaired) electrons. The van der Waals surface area contributed by atoms with Crippen molar-refractivity contribution in [3.8, 4) is 6.07 Å². The van der Waals surface area contributed by atoms with Crippen molar-refractivity contribution in [2.24, 2.45) is 5.41 Å². The van der Waals surface area contributed by atoms with E-state index in [1.165, 1.54) is 51.4 Å². The zero-order valence-electron chi connectivity index (χ0n) is 11.5. The summed E-state index contributed by atoms with van der Waals surface area (Å²) in [5.74, 6) is 0. The molecule has 3 rings (SSSR count). The Kier molecular flexibility index (Phi) is 3.46. The third-order valence-corrected chi connectivity index (χ3v) is 5.07. The van der Waals surface area contributed by atoms with E-state index in [-0.39, 0.29) is 0 Å². The molecule has 2 saturated carbocycles. The molecule has 2 heteroatoms. The normalized spacial score (nSPS) is 22.3. The summed E-state index contributed by atoms with van der Waals surface area (Å²) in [7, 11) is 0. The Labute approximate surface area is 115 Å². The lowest BCUT2D eigenvalue weighted by atomic mass is 9.71. The fraction of sp³-hybridized carbons (Fsp3) is 0.588. The van der Waals surface area contributed by atoms with E-state index in [4.69, 9.17) is 5.26 Å². The van der Waals surface area contributed by atoms with Crippen LogP contribution in [-0.4, -0.2) is 6.04 Å². The highest BCUT2D eigenvalue weighted by molar-refractivity contribution is 5.49. The molecule has 1 aromatic carbocycles. The van der Waals surface area contributed by atoms with Crippen molar-refractivity contribution in [1.82, 2.24) is 0 Å². The predicted octanol–water partition coefficient (Wildman–Crippen LogP) is 4.47. The van der Waals surface area contributed by atoms with Crippen LogP contribution in [0.4, 0.5) is 5.69 Å². The summed E-state index contributed by atoms with van der Waals surface area (Å²) in [6.45, 7) is 0. The summed E-state index contributed by atoms with van der Waals surface area (Å²) in [6, 6.07) is 10.7. The van der Waals surface area contributed by atoms with E-state index in [1.54, 1.807) is 0 Å². The topological polar surface area (TPSA) is 35.8 Å². The molecule has 2 aliphatic carbocycles. The van der Waals surface area contributed by atoms with Gasteiger partial charge in [0.2, 0.25) is 0 Å². The van der Waals surface area contributed by atoms with Crippen molar-refractivity contribution in [3.05, 3.63) is 29.8 Å². The van der Waals surface area contributed by atoms with Crippen LogP contribution in [-0.2, 0) is 0 Å². The van der Waals surface area contributed by atoms with E-state index >= 15 is 0 Å². The van der Waals surface area contributed by atoms with E-state index < -0.39 is 0 Å². The molecule has 2 nitrogen and oxygen atoms in total. The molecule has 100 valence electrons. The lowest BCUT2D eigenvalue weighted by molar-refractivity contribution is 0.188. The molecule has 1 spiro atoms. The van der Waals surface area contributed by atoms with Gasteiger partial charge in [0.1, 0.15) is 0 Å². The monoisotopic (exact) mass is 254 g/mol. The second-order valence-corrected chi connectivity index (χ2v) is 6.32. The summed E-state index contributed by atoms with van der Waals surface area (Å²) < 4.78 is 0. The fourth-order valence-electron chi connectivity index (χ4n) is 3.91. The smallest absolute Gasteiger partial charge is 0.0992 e. The molecular weight excluding hydrogens is 232 g/mol. The van der Waals surface area contributed by atoms with E-state index in [9.17, 15) is 0 Å². The molecule has 1 N–H and O–H groups in total. The Morgan fingerprint density at radius 3 is 2.53 bits per heavy atom. The SMILES string of the molecule is N#Cc1cccc(NC2CCC3(CCCC3)CC2)c1. The number of anilines is 1. The third kappa shape index (κ3) is 2.76. The Morgan fingerprint density at radius 2 is 1.84 bits per heavy atom. The Hall–Kier alpha value is -1.49. The maximum Gasteiger partial charge on any atom is 0.0992 e. The van der Waals surface area contributed by atoms with Gasteiger partial charge in [0, 0.05) is 11.7 Å².